The predicted octanol–water partition coefficient (Wildman–Crippen LogP) is 17.3. The number of hydrogen-bond donors (Lipinski definition) is 0. The summed E-state index contributed by atoms with van der Waals surface area (Å²) in [7, 11) is 0. The van der Waals surface area contributed by atoms with Crippen LogP contribution in [0.1, 0.15) is 22.3 Å². The number of hydrogen-bond acceptors (Lipinski definition) is 3. The van der Waals surface area contributed by atoms with Gasteiger partial charge >= 0.3 is 0 Å². The van der Waals surface area contributed by atoms with E-state index in [2.05, 4.69) is 234 Å². The lowest BCUT2D eigenvalue weighted by molar-refractivity contribution is 0.669. The molecular weight excluding hydrogens is 833 g/mol. The van der Waals surface area contributed by atoms with Crippen LogP contribution in [-0.4, -0.2) is 4.57 Å². The fourth-order valence-electron chi connectivity index (χ4n) is 11.9. The van der Waals surface area contributed by atoms with Crippen LogP contribution in [0, 0.1) is 0 Å². The predicted molar refractivity (Wildman–Crippen MR) is 279 cm³/mol. The molecule has 0 atom stereocenters. The van der Waals surface area contributed by atoms with Gasteiger partial charge in [-0.25, -0.2) is 0 Å². The maximum absolute atomic E-state index is 6.43. The molecule has 3 nitrogen and oxygen atoms in total. The highest BCUT2D eigenvalue weighted by molar-refractivity contribution is 7.99. The molecule has 1 aliphatic heterocycles. The van der Waals surface area contributed by atoms with Crippen LogP contribution in [0.4, 0.5) is 17.1 Å². The lowest BCUT2D eigenvalue weighted by Crippen LogP contribution is -2.36. The molecule has 67 heavy (non-hydrogen) atoms. The van der Waals surface area contributed by atoms with Crippen molar-refractivity contribution in [3.8, 4) is 16.8 Å². The molecule has 0 radical (unpaired) electrons. The Morgan fingerprint density at radius 1 is 0.388 bits per heavy atom. The van der Waals surface area contributed by atoms with Crippen molar-refractivity contribution in [2.24, 2.45) is 0 Å². The molecule has 2 aromatic heterocycles. The Morgan fingerprint density at radius 2 is 1.00 bits per heavy atom. The number of rotatable bonds is 4. The van der Waals surface area contributed by atoms with Crippen molar-refractivity contribution >= 4 is 94.1 Å². The lowest BCUT2D eigenvalue weighted by atomic mass is 9.59. The highest BCUT2D eigenvalue weighted by atomic mass is 32.2. The van der Waals surface area contributed by atoms with Crippen LogP contribution in [0.2, 0.25) is 0 Å². The highest BCUT2D eigenvalue weighted by Gasteiger charge is 2.48. The number of furan rings is 1. The van der Waals surface area contributed by atoms with Crippen molar-refractivity contribution in [3.63, 3.8) is 0 Å². The van der Waals surface area contributed by atoms with Crippen molar-refractivity contribution in [3.05, 3.63) is 253 Å². The smallest absolute Gasteiger partial charge is 0.137 e. The standard InChI is InChI=1S/C63H38N2OS/c1-2-19-43-39(15-1)16-13-27-53(43)64(41-34-36-55-48(37-41)45-20-3-7-26-54(45)65(55)56-28-14-30-58-62(56)47-21-4-8-29-57(47)66-58)42-33-35-44-46-22-11-17-40-18-12-25-51(61(40)46)63(52(44)38-42)49-23-5-9-31-59(49)67-60-32-10-6-24-50(60)63/h1-38H. The van der Waals surface area contributed by atoms with E-state index in [1.807, 2.05) is 17.8 Å². The van der Waals surface area contributed by atoms with Gasteiger partial charge in [-0.3, -0.25) is 0 Å². The van der Waals surface area contributed by atoms with Gasteiger partial charge in [-0.1, -0.05) is 169 Å². The fourth-order valence-corrected chi connectivity index (χ4v) is 13.1. The topological polar surface area (TPSA) is 21.3 Å². The van der Waals surface area contributed by atoms with Crippen LogP contribution in [-0.2, 0) is 5.41 Å². The highest BCUT2D eigenvalue weighted by Crippen LogP contribution is 2.62. The Bertz CT molecular complexity index is 4180. The molecule has 0 amide bonds. The molecule has 11 aromatic carbocycles. The van der Waals surface area contributed by atoms with Gasteiger partial charge in [0.2, 0.25) is 0 Å². The number of nitrogens with zero attached hydrogens (tertiary/aromatic N) is 2. The van der Waals surface area contributed by atoms with Crippen LogP contribution < -0.4 is 4.90 Å². The quantitative estimate of drug-likeness (QED) is 0.176. The van der Waals surface area contributed by atoms with Gasteiger partial charge < -0.3 is 13.9 Å². The molecule has 0 saturated carbocycles. The molecule has 3 heterocycles. The van der Waals surface area contributed by atoms with E-state index in [1.165, 1.54) is 75.5 Å². The van der Waals surface area contributed by atoms with Gasteiger partial charge in [-0.2, -0.15) is 0 Å². The van der Waals surface area contributed by atoms with E-state index in [0.717, 1.165) is 55.7 Å². The maximum atomic E-state index is 6.43. The third-order valence-corrected chi connectivity index (χ3v) is 15.8. The Kier molecular flexibility index (Phi) is 7.64. The SMILES string of the molecule is c1ccc2c(c1)Sc1ccccc1C21c2cc(N(c3ccc4c(c3)c3ccccc3n4-c3cccc4oc5ccccc5c34)c3cccc4ccccc34)ccc2-c2cccc3cccc1c23. The summed E-state index contributed by atoms with van der Waals surface area (Å²) >= 11 is 1.89. The van der Waals surface area contributed by atoms with Crippen molar-refractivity contribution in [2.45, 2.75) is 15.2 Å². The summed E-state index contributed by atoms with van der Waals surface area (Å²) in [4.78, 5) is 5.09. The Morgan fingerprint density at radius 3 is 1.87 bits per heavy atom. The summed E-state index contributed by atoms with van der Waals surface area (Å²) in [5.74, 6) is 0. The number of fused-ring (bicyclic) bond motifs is 15. The molecule has 0 bridgehead atoms. The lowest BCUT2D eigenvalue weighted by Gasteiger charge is -2.46. The first kappa shape index (κ1) is 37.0. The van der Waals surface area contributed by atoms with Gasteiger partial charge in [0.1, 0.15) is 11.2 Å². The maximum Gasteiger partial charge on any atom is 0.137 e. The number of benzene rings is 11. The monoisotopic (exact) mass is 870 g/mol. The number of aromatic nitrogens is 1. The van der Waals surface area contributed by atoms with Gasteiger partial charge in [0.25, 0.3) is 0 Å². The van der Waals surface area contributed by atoms with E-state index in [0.29, 0.717) is 0 Å². The fraction of sp³-hybridized carbons (Fsp3) is 0.0159. The molecule has 0 saturated heterocycles. The van der Waals surface area contributed by atoms with E-state index in [9.17, 15) is 0 Å². The minimum absolute atomic E-state index is 0.572. The molecule has 312 valence electrons. The second-order valence-corrected chi connectivity index (χ2v) is 19.0. The molecule has 15 rings (SSSR count). The molecule has 13 aromatic rings. The Hall–Kier alpha value is -8.31. The summed E-state index contributed by atoms with van der Waals surface area (Å²) in [6, 6.07) is 85.4. The molecule has 2 aliphatic rings. The van der Waals surface area contributed by atoms with Crippen molar-refractivity contribution in [1.82, 2.24) is 4.57 Å². The van der Waals surface area contributed by atoms with Crippen molar-refractivity contribution in [2.75, 3.05) is 4.90 Å². The van der Waals surface area contributed by atoms with Crippen LogP contribution in [0.15, 0.2) is 245 Å². The molecular formula is C63H38N2OS. The summed E-state index contributed by atoms with van der Waals surface area (Å²) in [5, 5.41) is 9.60. The van der Waals surface area contributed by atoms with Gasteiger partial charge in [0.05, 0.1) is 33.2 Å². The first-order chi connectivity index (χ1) is 33.2. The zero-order valence-electron chi connectivity index (χ0n) is 36.2. The van der Waals surface area contributed by atoms with Crippen LogP contribution >= 0.6 is 11.8 Å². The Balaban J connectivity index is 1.03. The normalized spacial score (nSPS) is 13.4. The summed E-state index contributed by atoms with van der Waals surface area (Å²) in [6.07, 6.45) is 0. The zero-order chi connectivity index (χ0) is 43.8. The summed E-state index contributed by atoms with van der Waals surface area (Å²) < 4.78 is 8.86. The van der Waals surface area contributed by atoms with Crippen LogP contribution in [0.25, 0.3) is 82.1 Å². The third kappa shape index (κ3) is 5.03. The van der Waals surface area contributed by atoms with E-state index in [1.54, 1.807) is 0 Å². The second kappa shape index (κ2) is 13.9. The molecule has 0 N–H and O–H groups in total. The molecule has 0 fully saturated rings. The first-order valence-corrected chi connectivity index (χ1v) is 23.8. The average Bonchev–Trinajstić information content (AvgIpc) is 3.94. The molecule has 4 heteroatoms. The van der Waals surface area contributed by atoms with Gasteiger partial charge in [-0.05, 0) is 122 Å². The first-order valence-electron chi connectivity index (χ1n) is 23.0. The Labute approximate surface area is 390 Å². The van der Waals surface area contributed by atoms with E-state index >= 15 is 0 Å². The number of anilines is 3. The molecule has 1 aliphatic carbocycles. The summed E-state index contributed by atoms with van der Waals surface area (Å²) in [5.41, 5.74) is 15.7. The van der Waals surface area contributed by atoms with E-state index < -0.39 is 5.41 Å². The van der Waals surface area contributed by atoms with Crippen LogP contribution in [0.5, 0.6) is 0 Å². The van der Waals surface area contributed by atoms with Crippen molar-refractivity contribution < 1.29 is 4.42 Å². The second-order valence-electron chi connectivity index (χ2n) is 17.9. The van der Waals surface area contributed by atoms with Gasteiger partial charge in [0.15, 0.2) is 0 Å². The minimum atomic E-state index is -0.572. The van der Waals surface area contributed by atoms with E-state index in [-0.39, 0.29) is 0 Å². The number of para-hydroxylation sites is 2. The van der Waals surface area contributed by atoms with Crippen molar-refractivity contribution in [1.29, 1.82) is 0 Å². The van der Waals surface area contributed by atoms with Gasteiger partial charge in [0, 0.05) is 42.7 Å². The van der Waals surface area contributed by atoms with Gasteiger partial charge in [-0.15, -0.1) is 0 Å². The zero-order valence-corrected chi connectivity index (χ0v) is 37.0. The largest absolute Gasteiger partial charge is 0.456 e. The van der Waals surface area contributed by atoms with E-state index in [4.69, 9.17) is 4.42 Å². The minimum Gasteiger partial charge on any atom is -0.456 e. The average molecular weight is 871 g/mol. The summed E-state index contributed by atoms with van der Waals surface area (Å²) in [6.45, 7) is 0. The third-order valence-electron chi connectivity index (χ3n) is 14.6. The van der Waals surface area contributed by atoms with Crippen LogP contribution in [0.3, 0.4) is 0 Å². The molecule has 0 unspecified atom stereocenters. The molecule has 1 spiro atoms.